The summed E-state index contributed by atoms with van der Waals surface area (Å²) in [7, 11) is 5.33. The van der Waals surface area contributed by atoms with Crippen LogP contribution in [0.3, 0.4) is 0 Å². The molecule has 0 saturated carbocycles. The number of aliphatic imine (C=N–C) groups is 1. The molecule has 2 heterocycles. The van der Waals surface area contributed by atoms with Crippen LogP contribution in [-0.2, 0) is 13.5 Å². The number of fused-ring (bicyclic) bond motifs is 1. The first-order valence-electron chi connectivity index (χ1n) is 9.57. The number of aromatic nitrogens is 4. The van der Waals surface area contributed by atoms with Gasteiger partial charge in [0.25, 0.3) is 0 Å². The van der Waals surface area contributed by atoms with E-state index in [1.807, 2.05) is 13.1 Å². The van der Waals surface area contributed by atoms with Gasteiger partial charge in [-0.25, -0.2) is 9.97 Å². The van der Waals surface area contributed by atoms with E-state index in [2.05, 4.69) is 55.1 Å². The number of nitrogens with zero attached hydrogens (tertiary/aromatic N) is 5. The van der Waals surface area contributed by atoms with Crippen LogP contribution in [-0.4, -0.2) is 59.5 Å². The van der Waals surface area contributed by atoms with E-state index in [1.165, 1.54) is 11.1 Å². The second-order valence-electron chi connectivity index (χ2n) is 6.65. The zero-order valence-corrected chi connectivity index (χ0v) is 17.4. The molecule has 3 rings (SSSR count). The maximum Gasteiger partial charge on any atom is 0.191 e. The van der Waals surface area contributed by atoms with Crippen LogP contribution in [0.15, 0.2) is 35.7 Å². The average Bonchev–Trinajstić information content (AvgIpc) is 3.11. The van der Waals surface area contributed by atoms with E-state index in [0.717, 1.165) is 41.5 Å². The van der Waals surface area contributed by atoms with Crippen LogP contribution in [0, 0.1) is 6.92 Å². The molecular weight excluding hydrogens is 368 g/mol. The number of benzene rings is 1. The Bertz CT molecular complexity index is 982. The van der Waals surface area contributed by atoms with Gasteiger partial charge in [-0.1, -0.05) is 17.7 Å². The third-order valence-corrected chi connectivity index (χ3v) is 4.59. The van der Waals surface area contributed by atoms with Crippen LogP contribution in [0.25, 0.3) is 11.0 Å². The molecule has 9 heteroatoms. The highest BCUT2D eigenvalue weighted by atomic mass is 16.5. The van der Waals surface area contributed by atoms with Gasteiger partial charge in [-0.15, -0.1) is 0 Å². The van der Waals surface area contributed by atoms with Gasteiger partial charge in [-0.3, -0.25) is 9.67 Å². The van der Waals surface area contributed by atoms with E-state index in [0.29, 0.717) is 13.1 Å². The Balaban J connectivity index is 1.44. The van der Waals surface area contributed by atoms with Crippen molar-refractivity contribution in [2.24, 2.45) is 12.0 Å². The number of nitrogens with one attached hydrogen (secondary N) is 3. The second-order valence-corrected chi connectivity index (χ2v) is 6.65. The Morgan fingerprint density at radius 2 is 2.00 bits per heavy atom. The van der Waals surface area contributed by atoms with Crippen LogP contribution in [0.5, 0.6) is 5.75 Å². The molecule has 154 valence electrons. The molecule has 1 aromatic carbocycles. The summed E-state index contributed by atoms with van der Waals surface area (Å²) in [5, 5.41) is 15.1. The van der Waals surface area contributed by atoms with E-state index in [-0.39, 0.29) is 0 Å². The van der Waals surface area contributed by atoms with E-state index in [4.69, 9.17) is 4.74 Å². The first-order valence-corrected chi connectivity index (χ1v) is 9.57. The van der Waals surface area contributed by atoms with Crippen molar-refractivity contribution in [1.82, 2.24) is 30.4 Å². The molecule has 3 aromatic rings. The number of hydrogen-bond donors (Lipinski definition) is 3. The van der Waals surface area contributed by atoms with Gasteiger partial charge < -0.3 is 20.7 Å². The number of hydrogen-bond acceptors (Lipinski definition) is 6. The fourth-order valence-electron chi connectivity index (χ4n) is 3.10. The molecule has 0 amide bonds. The maximum absolute atomic E-state index is 5.44. The van der Waals surface area contributed by atoms with Gasteiger partial charge in [0.1, 0.15) is 17.9 Å². The van der Waals surface area contributed by atoms with Crippen molar-refractivity contribution in [3.8, 4) is 5.75 Å². The fourth-order valence-corrected chi connectivity index (χ4v) is 3.10. The zero-order valence-electron chi connectivity index (χ0n) is 17.4. The van der Waals surface area contributed by atoms with Gasteiger partial charge in [-0.2, -0.15) is 5.10 Å². The third-order valence-electron chi connectivity index (χ3n) is 4.59. The van der Waals surface area contributed by atoms with Gasteiger partial charge in [-0.05, 0) is 25.0 Å². The monoisotopic (exact) mass is 396 g/mol. The molecule has 3 N–H and O–H groups in total. The molecule has 0 fully saturated rings. The maximum atomic E-state index is 5.44. The summed E-state index contributed by atoms with van der Waals surface area (Å²) in [6, 6.07) is 6.22. The number of ether oxygens (including phenoxy) is 1. The molecule has 0 aliphatic carbocycles. The standard InChI is InChI=1S/C20H28N8O/c1-14-5-6-17(29-4)15(11-14)7-8-23-20(21-2)24-10-9-22-18-16-12-27-28(3)19(16)26-13-25-18/h5-6,11-13H,7-10H2,1-4H3,(H2,21,23,24)(H,22,25,26). The summed E-state index contributed by atoms with van der Waals surface area (Å²) in [6.45, 7) is 4.22. The Hall–Kier alpha value is -3.36. The summed E-state index contributed by atoms with van der Waals surface area (Å²) in [6.07, 6.45) is 4.16. The van der Waals surface area contributed by atoms with Gasteiger partial charge in [0, 0.05) is 33.7 Å². The summed E-state index contributed by atoms with van der Waals surface area (Å²) >= 11 is 0. The molecule has 2 aromatic heterocycles. The first kappa shape index (κ1) is 20.4. The van der Waals surface area contributed by atoms with Gasteiger partial charge in [0.15, 0.2) is 11.6 Å². The molecule has 0 bridgehead atoms. The minimum absolute atomic E-state index is 0.688. The minimum atomic E-state index is 0.688. The molecular formula is C20H28N8O. The Morgan fingerprint density at radius 3 is 2.79 bits per heavy atom. The van der Waals surface area contributed by atoms with Crippen LogP contribution in [0.2, 0.25) is 0 Å². The number of anilines is 1. The van der Waals surface area contributed by atoms with Crippen molar-refractivity contribution in [3.63, 3.8) is 0 Å². The minimum Gasteiger partial charge on any atom is -0.496 e. The van der Waals surface area contributed by atoms with Crippen LogP contribution >= 0.6 is 0 Å². The smallest absolute Gasteiger partial charge is 0.191 e. The zero-order chi connectivity index (χ0) is 20.6. The van der Waals surface area contributed by atoms with Gasteiger partial charge >= 0.3 is 0 Å². The highest BCUT2D eigenvalue weighted by Crippen LogP contribution is 2.19. The molecule has 0 radical (unpaired) electrons. The highest BCUT2D eigenvalue weighted by Gasteiger charge is 2.07. The van der Waals surface area contributed by atoms with E-state index < -0.39 is 0 Å². The van der Waals surface area contributed by atoms with E-state index >= 15 is 0 Å². The first-order chi connectivity index (χ1) is 14.1. The molecule has 0 unspecified atom stereocenters. The van der Waals surface area contributed by atoms with Crippen molar-refractivity contribution in [2.75, 3.05) is 39.1 Å². The van der Waals surface area contributed by atoms with E-state index in [9.17, 15) is 0 Å². The molecule has 29 heavy (non-hydrogen) atoms. The van der Waals surface area contributed by atoms with Crippen molar-refractivity contribution in [3.05, 3.63) is 41.9 Å². The lowest BCUT2D eigenvalue weighted by atomic mass is 10.1. The lowest BCUT2D eigenvalue weighted by Gasteiger charge is -2.14. The molecule has 9 nitrogen and oxygen atoms in total. The normalized spacial score (nSPS) is 11.5. The highest BCUT2D eigenvalue weighted by molar-refractivity contribution is 5.86. The SMILES string of the molecule is CN=C(NCCNc1ncnc2c1cnn2C)NCCc1cc(C)ccc1OC. The van der Waals surface area contributed by atoms with Crippen molar-refractivity contribution >= 4 is 22.8 Å². The molecule has 0 aliphatic rings. The lowest BCUT2D eigenvalue weighted by molar-refractivity contribution is 0.409. The number of aryl methyl sites for hydroxylation is 2. The van der Waals surface area contributed by atoms with Crippen molar-refractivity contribution < 1.29 is 4.74 Å². The van der Waals surface area contributed by atoms with Gasteiger partial charge in [0.05, 0.1) is 18.7 Å². The second kappa shape index (κ2) is 9.72. The third kappa shape index (κ3) is 5.13. The molecule has 0 atom stereocenters. The average molecular weight is 396 g/mol. The fraction of sp³-hybridized carbons (Fsp3) is 0.400. The van der Waals surface area contributed by atoms with Crippen molar-refractivity contribution in [1.29, 1.82) is 0 Å². The van der Waals surface area contributed by atoms with Crippen LogP contribution < -0.4 is 20.7 Å². The number of guanidine groups is 1. The predicted octanol–water partition coefficient (Wildman–Crippen LogP) is 1.50. The molecule has 0 saturated heterocycles. The number of methoxy groups -OCH3 is 1. The molecule has 0 spiro atoms. The predicted molar refractivity (Wildman–Crippen MR) is 116 cm³/mol. The summed E-state index contributed by atoms with van der Waals surface area (Å²) < 4.78 is 7.17. The largest absolute Gasteiger partial charge is 0.496 e. The number of rotatable bonds is 8. The molecule has 0 aliphatic heterocycles. The van der Waals surface area contributed by atoms with Gasteiger partial charge in [0.2, 0.25) is 0 Å². The van der Waals surface area contributed by atoms with Crippen LogP contribution in [0.1, 0.15) is 11.1 Å². The lowest BCUT2D eigenvalue weighted by Crippen LogP contribution is -2.40. The Labute approximate surface area is 170 Å². The Morgan fingerprint density at radius 1 is 1.17 bits per heavy atom. The Kier molecular flexibility index (Phi) is 6.83. The summed E-state index contributed by atoms with van der Waals surface area (Å²) in [5.74, 6) is 2.45. The summed E-state index contributed by atoms with van der Waals surface area (Å²) in [4.78, 5) is 12.8. The topological polar surface area (TPSA) is 101 Å². The van der Waals surface area contributed by atoms with Crippen molar-refractivity contribution in [2.45, 2.75) is 13.3 Å². The van der Waals surface area contributed by atoms with E-state index in [1.54, 1.807) is 31.4 Å². The summed E-state index contributed by atoms with van der Waals surface area (Å²) in [5.41, 5.74) is 3.21. The van der Waals surface area contributed by atoms with Crippen LogP contribution in [0.4, 0.5) is 5.82 Å². The quantitative estimate of drug-likeness (QED) is 0.301.